The number of benzene rings is 1. The van der Waals surface area contributed by atoms with Gasteiger partial charge in [0.25, 0.3) is 0 Å². The molecule has 1 unspecified atom stereocenters. The smallest absolute Gasteiger partial charge is 0.176 e. The number of Topliss-reactive ketones (excluding diaryl/α,β-unsaturated/α-hetero) is 1. The highest BCUT2D eigenvalue weighted by Crippen LogP contribution is 2.18. The van der Waals surface area contributed by atoms with E-state index in [0.29, 0.717) is 6.54 Å². The van der Waals surface area contributed by atoms with Crippen LogP contribution in [0.25, 0.3) is 0 Å². The van der Waals surface area contributed by atoms with Gasteiger partial charge in [-0.05, 0) is 50.4 Å². The largest absolute Gasteiger partial charge is 0.395 e. The molecule has 20 heavy (non-hydrogen) atoms. The molecule has 1 aliphatic rings. The Hall–Kier alpha value is -1.19. The Labute approximate surface area is 121 Å². The molecule has 0 bridgehead atoms. The second kappa shape index (κ2) is 7.00. The maximum atomic E-state index is 12.4. The van der Waals surface area contributed by atoms with Gasteiger partial charge in [-0.2, -0.15) is 0 Å². The number of carbonyl (C=O) groups excluding carboxylic acids is 1. The molecule has 1 aromatic carbocycles. The number of aliphatic hydroxyl groups is 1. The van der Waals surface area contributed by atoms with Crippen molar-refractivity contribution in [3.8, 4) is 0 Å². The van der Waals surface area contributed by atoms with Crippen molar-refractivity contribution in [3.05, 3.63) is 34.9 Å². The lowest BCUT2D eigenvalue weighted by Crippen LogP contribution is -2.40. The summed E-state index contributed by atoms with van der Waals surface area (Å²) in [6, 6.07) is 6.04. The summed E-state index contributed by atoms with van der Waals surface area (Å²) in [6.07, 6.45) is 4.47. The van der Waals surface area contributed by atoms with Gasteiger partial charge in [0, 0.05) is 11.6 Å². The molecule has 3 heteroatoms. The third-order valence-corrected chi connectivity index (χ3v) is 4.39. The van der Waals surface area contributed by atoms with Crippen molar-refractivity contribution in [2.45, 2.75) is 45.6 Å². The monoisotopic (exact) mass is 275 g/mol. The van der Waals surface area contributed by atoms with Gasteiger partial charge in [-0.15, -0.1) is 0 Å². The van der Waals surface area contributed by atoms with E-state index in [2.05, 4.69) is 11.8 Å². The minimum atomic E-state index is 0.146. The molecule has 0 spiro atoms. The highest BCUT2D eigenvalue weighted by atomic mass is 16.3. The average molecular weight is 275 g/mol. The molecule has 1 aromatic rings. The molecule has 1 aliphatic heterocycles. The van der Waals surface area contributed by atoms with Crippen LogP contribution in [0.4, 0.5) is 0 Å². The number of aliphatic hydroxyl groups excluding tert-OH is 1. The summed E-state index contributed by atoms with van der Waals surface area (Å²) >= 11 is 0. The van der Waals surface area contributed by atoms with Crippen molar-refractivity contribution >= 4 is 5.78 Å². The minimum absolute atomic E-state index is 0.146. The van der Waals surface area contributed by atoms with Crippen LogP contribution in [0.5, 0.6) is 0 Å². The van der Waals surface area contributed by atoms with E-state index in [0.717, 1.165) is 36.9 Å². The number of nitrogens with zero attached hydrogens (tertiary/aromatic N) is 1. The van der Waals surface area contributed by atoms with Gasteiger partial charge in [0.1, 0.15) is 0 Å². The Kier molecular flexibility index (Phi) is 5.32. The van der Waals surface area contributed by atoms with Crippen LogP contribution >= 0.6 is 0 Å². The molecular formula is C17H25NO2. The molecule has 0 aliphatic carbocycles. The Morgan fingerprint density at radius 3 is 2.75 bits per heavy atom. The quantitative estimate of drug-likeness (QED) is 0.859. The molecule has 3 nitrogen and oxygen atoms in total. The van der Waals surface area contributed by atoms with E-state index in [-0.39, 0.29) is 18.4 Å². The Morgan fingerprint density at radius 1 is 1.25 bits per heavy atom. The SMILES string of the molecule is Cc1ccc(C(=O)CN2CCCCCC2CO)cc1C. The first kappa shape index (κ1) is 15.2. The van der Waals surface area contributed by atoms with Crippen LogP contribution < -0.4 is 0 Å². The molecule has 1 N–H and O–H groups in total. The maximum Gasteiger partial charge on any atom is 0.176 e. The van der Waals surface area contributed by atoms with E-state index >= 15 is 0 Å². The normalized spacial score (nSPS) is 20.6. The van der Waals surface area contributed by atoms with Crippen LogP contribution in [0.3, 0.4) is 0 Å². The Bertz CT molecular complexity index is 470. The summed E-state index contributed by atoms with van der Waals surface area (Å²) in [5, 5.41) is 9.50. The number of aryl methyl sites for hydroxylation is 2. The number of rotatable bonds is 4. The molecule has 1 atom stereocenters. The van der Waals surface area contributed by atoms with E-state index in [4.69, 9.17) is 0 Å². The summed E-state index contributed by atoms with van der Waals surface area (Å²) in [4.78, 5) is 14.6. The fourth-order valence-corrected chi connectivity index (χ4v) is 2.84. The summed E-state index contributed by atoms with van der Waals surface area (Å²) in [6.45, 7) is 5.59. The molecular weight excluding hydrogens is 250 g/mol. The predicted molar refractivity (Wildman–Crippen MR) is 81.2 cm³/mol. The van der Waals surface area contributed by atoms with Crippen LogP contribution in [0, 0.1) is 13.8 Å². The minimum Gasteiger partial charge on any atom is -0.395 e. The zero-order valence-corrected chi connectivity index (χ0v) is 12.6. The molecule has 0 saturated carbocycles. The number of hydrogen-bond acceptors (Lipinski definition) is 3. The third-order valence-electron chi connectivity index (χ3n) is 4.39. The van der Waals surface area contributed by atoms with Crippen LogP contribution in [-0.4, -0.2) is 41.5 Å². The van der Waals surface area contributed by atoms with Crippen molar-refractivity contribution in [1.29, 1.82) is 0 Å². The highest BCUT2D eigenvalue weighted by molar-refractivity contribution is 5.97. The van der Waals surface area contributed by atoms with E-state index in [9.17, 15) is 9.90 Å². The second-order valence-corrected chi connectivity index (χ2v) is 5.88. The lowest BCUT2D eigenvalue weighted by Gasteiger charge is -2.27. The average Bonchev–Trinajstić information content (AvgIpc) is 2.66. The summed E-state index contributed by atoms with van der Waals surface area (Å²) < 4.78 is 0. The second-order valence-electron chi connectivity index (χ2n) is 5.88. The molecule has 1 saturated heterocycles. The fraction of sp³-hybridized carbons (Fsp3) is 0.588. The van der Waals surface area contributed by atoms with Crippen molar-refractivity contribution in [1.82, 2.24) is 4.90 Å². The molecule has 1 heterocycles. The van der Waals surface area contributed by atoms with Crippen LogP contribution in [0.2, 0.25) is 0 Å². The summed E-state index contributed by atoms with van der Waals surface area (Å²) in [5.74, 6) is 0.161. The van der Waals surface area contributed by atoms with E-state index in [1.165, 1.54) is 12.0 Å². The van der Waals surface area contributed by atoms with Crippen molar-refractivity contribution in [2.24, 2.45) is 0 Å². The van der Waals surface area contributed by atoms with Gasteiger partial charge in [0.2, 0.25) is 0 Å². The first-order chi connectivity index (χ1) is 9.61. The van der Waals surface area contributed by atoms with Gasteiger partial charge in [0.05, 0.1) is 13.2 Å². The van der Waals surface area contributed by atoms with Crippen LogP contribution in [0.1, 0.15) is 47.2 Å². The van der Waals surface area contributed by atoms with Crippen LogP contribution in [0.15, 0.2) is 18.2 Å². The maximum absolute atomic E-state index is 12.4. The molecule has 110 valence electrons. The molecule has 1 fully saturated rings. The zero-order chi connectivity index (χ0) is 14.5. The first-order valence-corrected chi connectivity index (χ1v) is 7.57. The Balaban J connectivity index is 2.06. The van der Waals surface area contributed by atoms with Gasteiger partial charge in [0.15, 0.2) is 5.78 Å². The summed E-state index contributed by atoms with van der Waals surface area (Å²) in [7, 11) is 0. The van der Waals surface area contributed by atoms with Gasteiger partial charge in [-0.3, -0.25) is 9.69 Å². The summed E-state index contributed by atoms with van der Waals surface area (Å²) in [5.41, 5.74) is 3.16. The van der Waals surface area contributed by atoms with Gasteiger partial charge < -0.3 is 5.11 Å². The topological polar surface area (TPSA) is 40.5 Å². The molecule has 0 aromatic heterocycles. The molecule has 2 rings (SSSR count). The number of hydrogen-bond donors (Lipinski definition) is 1. The number of likely N-dealkylation sites (tertiary alicyclic amines) is 1. The standard InChI is InChI=1S/C17H25NO2/c1-13-7-8-15(10-14(13)2)17(20)11-18-9-5-3-4-6-16(18)12-19/h7-8,10,16,19H,3-6,9,11-12H2,1-2H3. The highest BCUT2D eigenvalue weighted by Gasteiger charge is 2.22. The van der Waals surface area contributed by atoms with Crippen molar-refractivity contribution in [3.63, 3.8) is 0 Å². The van der Waals surface area contributed by atoms with E-state index in [1.54, 1.807) is 0 Å². The first-order valence-electron chi connectivity index (χ1n) is 7.57. The lowest BCUT2D eigenvalue weighted by atomic mass is 10.0. The van der Waals surface area contributed by atoms with Gasteiger partial charge >= 0.3 is 0 Å². The van der Waals surface area contributed by atoms with Gasteiger partial charge in [-0.1, -0.05) is 25.0 Å². The third kappa shape index (κ3) is 3.68. The molecule has 0 radical (unpaired) electrons. The fourth-order valence-electron chi connectivity index (χ4n) is 2.84. The van der Waals surface area contributed by atoms with E-state index < -0.39 is 0 Å². The van der Waals surface area contributed by atoms with Crippen molar-refractivity contribution in [2.75, 3.05) is 19.7 Å². The van der Waals surface area contributed by atoms with Crippen LogP contribution in [-0.2, 0) is 0 Å². The molecule has 0 amide bonds. The van der Waals surface area contributed by atoms with Crippen molar-refractivity contribution < 1.29 is 9.90 Å². The Morgan fingerprint density at radius 2 is 2.05 bits per heavy atom. The predicted octanol–water partition coefficient (Wildman–Crippen LogP) is 2.72. The zero-order valence-electron chi connectivity index (χ0n) is 12.6. The number of ketones is 1. The lowest BCUT2D eigenvalue weighted by molar-refractivity contribution is 0.0826. The van der Waals surface area contributed by atoms with E-state index in [1.807, 2.05) is 25.1 Å². The van der Waals surface area contributed by atoms with Gasteiger partial charge in [-0.25, -0.2) is 0 Å². The number of carbonyl (C=O) groups is 1.